The summed E-state index contributed by atoms with van der Waals surface area (Å²) in [6.45, 7) is 2.94. The molecule has 6 heteroatoms. The average molecular weight is 383 g/mol. The SMILES string of the molecule is COc1ccc(CN(Cc2ccncc2)C(=O)NCC[C@@H]2CCCN2C)cc1. The Morgan fingerprint density at radius 1 is 1.18 bits per heavy atom. The smallest absolute Gasteiger partial charge is 0.318 e. The molecule has 6 nitrogen and oxygen atoms in total. The van der Waals surface area contributed by atoms with E-state index >= 15 is 0 Å². The van der Waals surface area contributed by atoms with Crippen LogP contribution in [0.2, 0.25) is 0 Å². The lowest BCUT2D eigenvalue weighted by atomic mass is 10.1. The van der Waals surface area contributed by atoms with Gasteiger partial charge in [-0.1, -0.05) is 12.1 Å². The first-order valence-corrected chi connectivity index (χ1v) is 9.90. The summed E-state index contributed by atoms with van der Waals surface area (Å²) < 4.78 is 5.22. The highest BCUT2D eigenvalue weighted by Gasteiger charge is 2.21. The van der Waals surface area contributed by atoms with Crippen LogP contribution in [-0.4, -0.2) is 54.1 Å². The number of hydrogen-bond acceptors (Lipinski definition) is 4. The molecule has 2 amide bonds. The third-order valence-corrected chi connectivity index (χ3v) is 5.37. The zero-order valence-corrected chi connectivity index (χ0v) is 16.8. The number of methoxy groups -OCH3 is 1. The summed E-state index contributed by atoms with van der Waals surface area (Å²) in [7, 11) is 3.82. The second kappa shape index (κ2) is 10.1. The van der Waals surface area contributed by atoms with Crippen LogP contribution < -0.4 is 10.1 Å². The maximum Gasteiger partial charge on any atom is 0.318 e. The summed E-state index contributed by atoms with van der Waals surface area (Å²) >= 11 is 0. The van der Waals surface area contributed by atoms with E-state index in [9.17, 15) is 4.79 Å². The van der Waals surface area contributed by atoms with Crippen LogP contribution in [-0.2, 0) is 13.1 Å². The molecule has 150 valence electrons. The van der Waals surface area contributed by atoms with Gasteiger partial charge in [0, 0.05) is 38.1 Å². The largest absolute Gasteiger partial charge is 0.497 e. The minimum Gasteiger partial charge on any atom is -0.497 e. The van der Waals surface area contributed by atoms with E-state index in [2.05, 4.69) is 22.2 Å². The molecule has 0 unspecified atom stereocenters. The van der Waals surface area contributed by atoms with Crippen molar-refractivity contribution in [2.75, 3.05) is 27.2 Å². The zero-order chi connectivity index (χ0) is 19.8. The zero-order valence-electron chi connectivity index (χ0n) is 16.8. The number of nitrogens with one attached hydrogen (secondary N) is 1. The van der Waals surface area contributed by atoms with Gasteiger partial charge in [0.15, 0.2) is 0 Å². The summed E-state index contributed by atoms with van der Waals surface area (Å²) in [4.78, 5) is 21.2. The Kier molecular flexibility index (Phi) is 7.25. The molecule has 3 rings (SSSR count). The number of hydrogen-bond donors (Lipinski definition) is 1. The molecule has 0 aliphatic carbocycles. The van der Waals surface area contributed by atoms with Crippen molar-refractivity contribution in [2.45, 2.75) is 38.4 Å². The van der Waals surface area contributed by atoms with Crippen molar-refractivity contribution in [1.82, 2.24) is 20.1 Å². The van der Waals surface area contributed by atoms with E-state index in [4.69, 9.17) is 4.74 Å². The predicted octanol–water partition coefficient (Wildman–Crippen LogP) is 3.29. The molecule has 0 spiro atoms. The van der Waals surface area contributed by atoms with E-state index in [1.54, 1.807) is 19.5 Å². The minimum atomic E-state index is -0.0340. The van der Waals surface area contributed by atoms with Crippen LogP contribution in [0.1, 0.15) is 30.4 Å². The Hall–Kier alpha value is -2.60. The van der Waals surface area contributed by atoms with Gasteiger partial charge in [-0.2, -0.15) is 0 Å². The van der Waals surface area contributed by atoms with Crippen LogP contribution in [0.5, 0.6) is 5.75 Å². The van der Waals surface area contributed by atoms with Crippen molar-refractivity contribution >= 4 is 6.03 Å². The van der Waals surface area contributed by atoms with Gasteiger partial charge in [-0.15, -0.1) is 0 Å². The van der Waals surface area contributed by atoms with E-state index < -0.39 is 0 Å². The molecule has 2 heterocycles. The molecule has 1 fully saturated rings. The van der Waals surface area contributed by atoms with Crippen LogP contribution in [0.25, 0.3) is 0 Å². The molecule has 1 N–H and O–H groups in total. The molecule has 0 bridgehead atoms. The van der Waals surface area contributed by atoms with Crippen LogP contribution in [0, 0.1) is 0 Å². The highest BCUT2D eigenvalue weighted by molar-refractivity contribution is 5.74. The summed E-state index contributed by atoms with van der Waals surface area (Å²) in [5.74, 6) is 0.814. The van der Waals surface area contributed by atoms with Gasteiger partial charge in [0.05, 0.1) is 7.11 Å². The van der Waals surface area contributed by atoms with Gasteiger partial charge in [0.2, 0.25) is 0 Å². The van der Waals surface area contributed by atoms with Gasteiger partial charge in [-0.25, -0.2) is 4.79 Å². The average Bonchev–Trinajstić information content (AvgIpc) is 3.13. The third-order valence-electron chi connectivity index (χ3n) is 5.37. The number of ether oxygens (including phenoxy) is 1. The highest BCUT2D eigenvalue weighted by Crippen LogP contribution is 2.18. The molecular formula is C22H30N4O2. The fourth-order valence-electron chi connectivity index (χ4n) is 3.66. The number of nitrogens with zero attached hydrogens (tertiary/aromatic N) is 3. The van der Waals surface area contributed by atoms with Gasteiger partial charge in [0.1, 0.15) is 5.75 Å². The first-order valence-electron chi connectivity index (χ1n) is 9.90. The van der Waals surface area contributed by atoms with Gasteiger partial charge < -0.3 is 19.9 Å². The third kappa shape index (κ3) is 5.70. The number of rotatable bonds is 8. The Bertz CT molecular complexity index is 736. The van der Waals surface area contributed by atoms with Crippen molar-refractivity contribution in [1.29, 1.82) is 0 Å². The first kappa shape index (κ1) is 20.1. The number of amides is 2. The molecule has 2 aromatic rings. The molecule has 1 aromatic heterocycles. The van der Waals surface area contributed by atoms with Crippen molar-refractivity contribution in [3.8, 4) is 5.75 Å². The van der Waals surface area contributed by atoms with Gasteiger partial charge >= 0.3 is 6.03 Å². The van der Waals surface area contributed by atoms with Crippen LogP contribution in [0.4, 0.5) is 4.79 Å². The van der Waals surface area contributed by atoms with E-state index in [0.29, 0.717) is 25.7 Å². The summed E-state index contributed by atoms with van der Waals surface area (Å²) in [6.07, 6.45) is 6.98. The number of pyridine rings is 1. The fourth-order valence-corrected chi connectivity index (χ4v) is 3.66. The molecule has 0 radical (unpaired) electrons. The van der Waals surface area contributed by atoms with Crippen LogP contribution in [0.3, 0.4) is 0 Å². The predicted molar refractivity (Wildman–Crippen MR) is 110 cm³/mol. The van der Waals surface area contributed by atoms with Gasteiger partial charge in [0.25, 0.3) is 0 Å². The van der Waals surface area contributed by atoms with E-state index in [1.807, 2.05) is 41.3 Å². The molecule has 1 aromatic carbocycles. The molecule has 28 heavy (non-hydrogen) atoms. The maximum atomic E-state index is 12.9. The first-order chi connectivity index (χ1) is 13.7. The molecule has 1 atom stereocenters. The molecule has 0 saturated carbocycles. The van der Waals surface area contributed by atoms with Crippen LogP contribution in [0.15, 0.2) is 48.8 Å². The Morgan fingerprint density at radius 3 is 2.46 bits per heavy atom. The summed E-state index contributed by atoms with van der Waals surface area (Å²) in [5.41, 5.74) is 2.13. The monoisotopic (exact) mass is 382 g/mol. The lowest BCUT2D eigenvalue weighted by molar-refractivity contribution is 0.190. The van der Waals surface area contributed by atoms with Crippen LogP contribution >= 0.6 is 0 Å². The number of carbonyl (C=O) groups excluding carboxylic acids is 1. The normalized spacial score (nSPS) is 16.7. The fraction of sp³-hybridized carbons (Fsp3) is 0.455. The Morgan fingerprint density at radius 2 is 1.86 bits per heavy atom. The van der Waals surface area contributed by atoms with Crippen molar-refractivity contribution in [3.05, 3.63) is 59.9 Å². The van der Waals surface area contributed by atoms with E-state index in [-0.39, 0.29) is 6.03 Å². The lowest BCUT2D eigenvalue weighted by Crippen LogP contribution is -2.40. The second-order valence-electron chi connectivity index (χ2n) is 7.36. The molecule has 1 saturated heterocycles. The number of likely N-dealkylation sites (tertiary alicyclic amines) is 1. The molecular weight excluding hydrogens is 352 g/mol. The topological polar surface area (TPSA) is 57.7 Å². The van der Waals surface area contributed by atoms with E-state index in [1.165, 1.54) is 12.8 Å². The van der Waals surface area contributed by atoms with Crippen molar-refractivity contribution in [3.63, 3.8) is 0 Å². The maximum absolute atomic E-state index is 12.9. The highest BCUT2D eigenvalue weighted by atomic mass is 16.5. The standard InChI is InChI=1S/C22H30N4O2/c1-25-15-3-4-20(25)11-14-24-22(27)26(17-19-9-12-23-13-10-19)16-18-5-7-21(28-2)8-6-18/h5-10,12-13,20H,3-4,11,14-17H2,1-2H3,(H,24,27)/t20-/m0/s1. The van der Waals surface area contributed by atoms with E-state index in [0.717, 1.165) is 29.8 Å². The number of aromatic nitrogens is 1. The quantitative estimate of drug-likeness (QED) is 0.761. The second-order valence-corrected chi connectivity index (χ2v) is 7.36. The number of benzene rings is 1. The summed E-state index contributed by atoms with van der Waals surface area (Å²) in [6, 6.07) is 12.3. The lowest BCUT2D eigenvalue weighted by Gasteiger charge is -2.25. The number of carbonyl (C=O) groups is 1. The molecule has 1 aliphatic rings. The van der Waals surface area contributed by atoms with Crippen molar-refractivity contribution in [2.24, 2.45) is 0 Å². The van der Waals surface area contributed by atoms with Gasteiger partial charge in [-0.05, 0) is 68.2 Å². The Balaban J connectivity index is 1.61. The number of urea groups is 1. The van der Waals surface area contributed by atoms with Crippen molar-refractivity contribution < 1.29 is 9.53 Å². The minimum absolute atomic E-state index is 0.0340. The molecule has 1 aliphatic heterocycles. The summed E-state index contributed by atoms with van der Waals surface area (Å²) in [5, 5.41) is 3.11. The Labute approximate surface area is 167 Å². The van der Waals surface area contributed by atoms with Gasteiger partial charge in [-0.3, -0.25) is 4.98 Å².